The smallest absolute Gasteiger partial charge is 0.305 e. The summed E-state index contributed by atoms with van der Waals surface area (Å²) in [6.45, 7) is 17.4. The normalized spacial score (nSPS) is 11.6. The zero-order valence-electron chi connectivity index (χ0n) is 42.2. The third-order valence-electron chi connectivity index (χ3n) is 10.5. The van der Waals surface area contributed by atoms with Gasteiger partial charge in [-0.25, -0.2) is 0 Å². The second-order valence-electron chi connectivity index (χ2n) is 16.4. The lowest BCUT2D eigenvalue weighted by Crippen LogP contribution is -2.15. The van der Waals surface area contributed by atoms with Gasteiger partial charge in [-0.05, 0) is 12.8 Å². The van der Waals surface area contributed by atoms with Crippen molar-refractivity contribution in [1.82, 2.24) is 0 Å². The monoisotopic (exact) mass is 939 g/mol. The molecule has 0 saturated carbocycles. The summed E-state index contributed by atoms with van der Waals surface area (Å²) in [5, 5.41) is 0. The van der Waals surface area contributed by atoms with Crippen LogP contribution in [0.4, 0.5) is 0 Å². The summed E-state index contributed by atoms with van der Waals surface area (Å²) in [5.74, 6) is -0.142. The van der Waals surface area contributed by atoms with Gasteiger partial charge in [0.1, 0.15) is 6.61 Å². The number of unbranched alkanes of at least 4 members (excludes halogenated alkanes) is 20. The van der Waals surface area contributed by atoms with Gasteiger partial charge in [0.25, 0.3) is 0 Å². The molecule has 0 saturated heterocycles. The molecule has 14 heteroatoms. The topological polar surface area (TPSA) is 137 Å². The lowest BCUT2D eigenvalue weighted by atomic mass is 10.0. The first-order chi connectivity index (χ1) is 32.3. The fourth-order valence-corrected chi connectivity index (χ4v) is 6.61. The maximum Gasteiger partial charge on any atom is 0.305 e. The van der Waals surface area contributed by atoms with Crippen molar-refractivity contribution in [3.05, 3.63) is 0 Å². The molecule has 0 radical (unpaired) electrons. The van der Waals surface area contributed by atoms with Crippen LogP contribution in [-0.2, 0) is 66.4 Å². The molecule has 0 aromatic carbocycles. The van der Waals surface area contributed by atoms with E-state index < -0.39 is 0 Å². The van der Waals surface area contributed by atoms with E-state index in [2.05, 4.69) is 13.8 Å². The molecule has 0 N–H and O–H groups in total. The van der Waals surface area contributed by atoms with Crippen molar-refractivity contribution < 1.29 is 66.4 Å². The van der Waals surface area contributed by atoms with Gasteiger partial charge in [-0.15, -0.1) is 0 Å². The molecule has 0 spiro atoms. The fraction of sp³-hybridized carbons (Fsp3) is 0.980. The van der Waals surface area contributed by atoms with E-state index in [-0.39, 0.29) is 12.6 Å². The number of carbonyl (C=O) groups is 1. The summed E-state index contributed by atoms with van der Waals surface area (Å²) in [6, 6.07) is 0. The molecule has 0 atom stereocenters. The lowest BCUT2D eigenvalue weighted by molar-refractivity contribution is -0.145. The van der Waals surface area contributed by atoms with Crippen LogP contribution in [0, 0.1) is 0 Å². The van der Waals surface area contributed by atoms with Gasteiger partial charge in [-0.2, -0.15) is 0 Å². The molecule has 0 fully saturated rings. The molecule has 390 valence electrons. The van der Waals surface area contributed by atoms with Crippen LogP contribution in [0.2, 0.25) is 0 Å². The standard InChI is InChI=1S/C51H102O14/c1-3-5-7-9-11-12-13-14-15-16-17-18-19-20-22-24-26-53-27-28-54-29-30-55-31-32-56-33-34-57-35-36-58-37-38-59-39-40-60-41-42-61-43-44-62-45-46-63-47-48-64-49-50-65-51(52)25-23-21-10-8-6-4-2/h3-50H2,1-2H3. The summed E-state index contributed by atoms with van der Waals surface area (Å²) in [5.41, 5.74) is 0. The Kier molecular flexibility index (Phi) is 60.1. The molecular formula is C51H102O14. The van der Waals surface area contributed by atoms with Gasteiger partial charge in [0.05, 0.1) is 152 Å². The predicted molar refractivity (Wildman–Crippen MR) is 258 cm³/mol. The molecule has 0 unspecified atom stereocenters. The van der Waals surface area contributed by atoms with E-state index in [1.54, 1.807) is 0 Å². The fourth-order valence-electron chi connectivity index (χ4n) is 6.61. The van der Waals surface area contributed by atoms with Gasteiger partial charge in [-0.1, -0.05) is 142 Å². The summed E-state index contributed by atoms with van der Waals surface area (Å²) in [7, 11) is 0. The van der Waals surface area contributed by atoms with E-state index in [0.29, 0.717) is 158 Å². The van der Waals surface area contributed by atoms with Crippen LogP contribution >= 0.6 is 0 Å². The van der Waals surface area contributed by atoms with Gasteiger partial charge >= 0.3 is 5.97 Å². The molecule has 14 nitrogen and oxygen atoms in total. The molecule has 0 bridgehead atoms. The van der Waals surface area contributed by atoms with Gasteiger partial charge in [0.15, 0.2) is 0 Å². The van der Waals surface area contributed by atoms with Crippen LogP contribution in [0.5, 0.6) is 0 Å². The number of carbonyl (C=O) groups excluding carboxylic acids is 1. The van der Waals surface area contributed by atoms with Crippen LogP contribution in [0.1, 0.15) is 162 Å². The zero-order chi connectivity index (χ0) is 46.7. The molecular weight excluding hydrogens is 837 g/mol. The summed E-state index contributed by atoms with van der Waals surface area (Å²) in [6.07, 6.45) is 29.6. The highest BCUT2D eigenvalue weighted by Gasteiger charge is 2.03. The van der Waals surface area contributed by atoms with Gasteiger partial charge in [0, 0.05) is 13.0 Å². The lowest BCUT2D eigenvalue weighted by Gasteiger charge is -2.09. The number of hydrogen-bond donors (Lipinski definition) is 0. The van der Waals surface area contributed by atoms with Crippen molar-refractivity contribution in [2.75, 3.05) is 165 Å². The molecule has 0 aromatic rings. The molecule has 0 aliphatic heterocycles. The highest BCUT2D eigenvalue weighted by atomic mass is 16.6. The van der Waals surface area contributed by atoms with Crippen LogP contribution in [-0.4, -0.2) is 171 Å². The molecule has 0 rings (SSSR count). The first-order valence-corrected chi connectivity index (χ1v) is 26.4. The van der Waals surface area contributed by atoms with Crippen molar-refractivity contribution in [3.63, 3.8) is 0 Å². The Hall–Kier alpha value is -1.01. The minimum absolute atomic E-state index is 0.142. The van der Waals surface area contributed by atoms with E-state index >= 15 is 0 Å². The zero-order valence-corrected chi connectivity index (χ0v) is 42.2. The third-order valence-corrected chi connectivity index (χ3v) is 10.5. The highest BCUT2D eigenvalue weighted by molar-refractivity contribution is 5.69. The SMILES string of the molecule is CCCCCCCCCCCCCCCCCCOCCOCCOCCOCCOCCOCCOCCOCCOCCOCCOCCOCCOC(=O)CCCCCCCC. The van der Waals surface area contributed by atoms with Gasteiger partial charge in [-0.3, -0.25) is 4.79 Å². The first-order valence-electron chi connectivity index (χ1n) is 26.4. The summed E-state index contributed by atoms with van der Waals surface area (Å²) < 4.78 is 71.6. The van der Waals surface area contributed by atoms with E-state index in [9.17, 15) is 4.79 Å². The van der Waals surface area contributed by atoms with Crippen molar-refractivity contribution in [1.29, 1.82) is 0 Å². The molecule has 65 heavy (non-hydrogen) atoms. The number of ether oxygens (including phenoxy) is 13. The molecule has 0 aromatic heterocycles. The number of esters is 1. The van der Waals surface area contributed by atoms with Crippen LogP contribution in [0.15, 0.2) is 0 Å². The predicted octanol–water partition coefficient (Wildman–Crippen LogP) is 9.74. The van der Waals surface area contributed by atoms with Crippen molar-refractivity contribution in [2.45, 2.75) is 162 Å². The maximum atomic E-state index is 11.7. The van der Waals surface area contributed by atoms with E-state index in [1.807, 2.05) is 0 Å². The second kappa shape index (κ2) is 61.0. The quantitative estimate of drug-likeness (QED) is 0.0423. The van der Waals surface area contributed by atoms with Crippen molar-refractivity contribution >= 4 is 5.97 Å². The van der Waals surface area contributed by atoms with E-state index in [1.165, 1.54) is 122 Å². The molecule has 0 amide bonds. The Bertz CT molecular complexity index is 858. The van der Waals surface area contributed by atoms with Gasteiger partial charge < -0.3 is 61.6 Å². The van der Waals surface area contributed by atoms with E-state index in [4.69, 9.17) is 61.6 Å². The third kappa shape index (κ3) is 61.0. The van der Waals surface area contributed by atoms with Crippen molar-refractivity contribution in [2.24, 2.45) is 0 Å². The van der Waals surface area contributed by atoms with Crippen LogP contribution in [0.25, 0.3) is 0 Å². The highest BCUT2D eigenvalue weighted by Crippen LogP contribution is 2.14. The number of hydrogen-bond acceptors (Lipinski definition) is 14. The van der Waals surface area contributed by atoms with Crippen LogP contribution < -0.4 is 0 Å². The maximum absolute atomic E-state index is 11.7. The summed E-state index contributed by atoms with van der Waals surface area (Å²) >= 11 is 0. The Morgan fingerprint density at radius 2 is 0.400 bits per heavy atom. The average molecular weight is 939 g/mol. The average Bonchev–Trinajstić information content (AvgIpc) is 3.31. The van der Waals surface area contributed by atoms with Crippen LogP contribution in [0.3, 0.4) is 0 Å². The minimum atomic E-state index is -0.142. The summed E-state index contributed by atoms with van der Waals surface area (Å²) in [4.78, 5) is 11.7. The Balaban J connectivity index is 3.09. The second-order valence-corrected chi connectivity index (χ2v) is 16.4. The minimum Gasteiger partial charge on any atom is -0.463 e. The Labute approximate surface area is 398 Å². The van der Waals surface area contributed by atoms with E-state index in [0.717, 1.165) is 25.9 Å². The van der Waals surface area contributed by atoms with Gasteiger partial charge in [0.2, 0.25) is 0 Å². The Morgan fingerprint density at radius 3 is 0.646 bits per heavy atom. The molecule has 0 heterocycles. The Morgan fingerprint density at radius 1 is 0.215 bits per heavy atom. The largest absolute Gasteiger partial charge is 0.463 e. The molecule has 0 aliphatic rings. The number of rotatable bonds is 60. The van der Waals surface area contributed by atoms with Crippen molar-refractivity contribution in [3.8, 4) is 0 Å². The first kappa shape index (κ1) is 64.0. The molecule has 0 aliphatic carbocycles.